The molecule has 0 aromatic rings. The van der Waals surface area contributed by atoms with E-state index in [1.807, 2.05) is 11.8 Å². The van der Waals surface area contributed by atoms with Crippen LogP contribution in [0.2, 0.25) is 0 Å². The monoisotopic (exact) mass is 161 g/mol. The fraction of sp³-hybridized carbons (Fsp3) is 1.00. The lowest BCUT2D eigenvalue weighted by molar-refractivity contribution is -0.00898. The van der Waals surface area contributed by atoms with Gasteiger partial charge in [-0.3, -0.25) is 0 Å². The number of thioether (sulfide) groups is 1. The summed E-state index contributed by atoms with van der Waals surface area (Å²) < 4.78 is 5.39. The molecule has 0 saturated carbocycles. The van der Waals surface area contributed by atoms with Crippen molar-refractivity contribution in [1.29, 1.82) is 0 Å². The van der Waals surface area contributed by atoms with Crippen LogP contribution in [0.1, 0.15) is 12.8 Å². The van der Waals surface area contributed by atoms with Crippen molar-refractivity contribution in [2.24, 2.45) is 5.73 Å². The maximum absolute atomic E-state index is 5.61. The van der Waals surface area contributed by atoms with Crippen LogP contribution in [0.3, 0.4) is 0 Å². The molecule has 0 amide bonds. The lowest BCUT2D eigenvalue weighted by Gasteiger charge is -2.34. The molecule has 1 heterocycles. The third-order valence-corrected chi connectivity index (χ3v) is 3.19. The minimum absolute atomic E-state index is 0.0191. The topological polar surface area (TPSA) is 35.2 Å². The molecule has 1 fully saturated rings. The van der Waals surface area contributed by atoms with E-state index in [0.29, 0.717) is 6.54 Å². The third-order valence-electron chi connectivity index (χ3n) is 2.21. The van der Waals surface area contributed by atoms with E-state index in [0.717, 1.165) is 12.8 Å². The number of hydrogen-bond acceptors (Lipinski definition) is 3. The number of rotatable bonds is 2. The Morgan fingerprint density at radius 1 is 1.50 bits per heavy atom. The van der Waals surface area contributed by atoms with Gasteiger partial charge in [0.2, 0.25) is 0 Å². The highest BCUT2D eigenvalue weighted by atomic mass is 32.2. The molecule has 0 atom stereocenters. The Kier molecular flexibility index (Phi) is 3.01. The quantitative estimate of drug-likeness (QED) is 0.652. The molecule has 0 spiro atoms. The molecule has 1 aliphatic heterocycles. The predicted molar refractivity (Wildman–Crippen MR) is 45.4 cm³/mol. The van der Waals surface area contributed by atoms with Crippen molar-refractivity contribution in [3.8, 4) is 0 Å². The first kappa shape index (κ1) is 8.37. The summed E-state index contributed by atoms with van der Waals surface area (Å²) in [5, 5.41) is 0. The maximum Gasteiger partial charge on any atom is 0.0816 e. The van der Waals surface area contributed by atoms with Crippen LogP contribution in [0.4, 0.5) is 0 Å². The first-order valence-electron chi connectivity index (χ1n) is 3.66. The van der Waals surface area contributed by atoms with Crippen molar-refractivity contribution >= 4 is 11.8 Å². The number of nitrogens with two attached hydrogens (primary N) is 1. The summed E-state index contributed by atoms with van der Waals surface area (Å²) in [5.41, 5.74) is 5.63. The molecule has 1 saturated heterocycles. The van der Waals surface area contributed by atoms with Crippen molar-refractivity contribution in [1.82, 2.24) is 0 Å². The van der Waals surface area contributed by atoms with E-state index in [-0.39, 0.29) is 5.60 Å². The molecular weight excluding hydrogens is 146 g/mol. The van der Waals surface area contributed by atoms with Gasteiger partial charge in [0.15, 0.2) is 0 Å². The van der Waals surface area contributed by atoms with Crippen LogP contribution in [-0.2, 0) is 4.74 Å². The second kappa shape index (κ2) is 3.60. The molecule has 0 unspecified atom stereocenters. The lowest BCUT2D eigenvalue weighted by Crippen LogP contribution is -2.42. The first-order valence-corrected chi connectivity index (χ1v) is 4.81. The second-order valence-corrected chi connectivity index (χ2v) is 3.93. The summed E-state index contributed by atoms with van der Waals surface area (Å²) >= 11 is 1.99. The largest absolute Gasteiger partial charge is 0.377 e. The lowest BCUT2D eigenvalue weighted by atomic mass is 9.97. The summed E-state index contributed by atoms with van der Waals surface area (Å²) in [5.74, 6) is 2.40. The predicted octanol–water partition coefficient (Wildman–Crippen LogP) is 0.857. The highest BCUT2D eigenvalue weighted by Crippen LogP contribution is 2.28. The molecule has 1 aliphatic rings. The molecule has 2 N–H and O–H groups in total. The van der Waals surface area contributed by atoms with E-state index in [1.165, 1.54) is 11.5 Å². The second-order valence-electron chi connectivity index (χ2n) is 2.70. The van der Waals surface area contributed by atoms with Crippen LogP contribution in [-0.4, -0.2) is 30.8 Å². The van der Waals surface area contributed by atoms with E-state index in [1.54, 1.807) is 7.11 Å². The highest BCUT2D eigenvalue weighted by molar-refractivity contribution is 7.99. The zero-order valence-electron chi connectivity index (χ0n) is 6.43. The smallest absolute Gasteiger partial charge is 0.0816 e. The summed E-state index contributed by atoms with van der Waals surface area (Å²) in [6.07, 6.45) is 2.23. The van der Waals surface area contributed by atoms with Crippen LogP contribution < -0.4 is 5.73 Å². The molecule has 10 heavy (non-hydrogen) atoms. The van der Waals surface area contributed by atoms with Gasteiger partial charge in [-0.2, -0.15) is 11.8 Å². The van der Waals surface area contributed by atoms with Crippen molar-refractivity contribution < 1.29 is 4.74 Å². The normalized spacial score (nSPS) is 24.6. The Morgan fingerprint density at radius 3 is 2.40 bits per heavy atom. The summed E-state index contributed by atoms with van der Waals surface area (Å²) in [4.78, 5) is 0. The first-order chi connectivity index (χ1) is 4.83. The van der Waals surface area contributed by atoms with Crippen LogP contribution in [0.25, 0.3) is 0 Å². The van der Waals surface area contributed by atoms with E-state index >= 15 is 0 Å². The van der Waals surface area contributed by atoms with Gasteiger partial charge in [-0.15, -0.1) is 0 Å². The molecule has 0 aromatic heterocycles. The van der Waals surface area contributed by atoms with E-state index < -0.39 is 0 Å². The van der Waals surface area contributed by atoms with Crippen molar-refractivity contribution in [3.63, 3.8) is 0 Å². The van der Waals surface area contributed by atoms with Gasteiger partial charge in [-0.25, -0.2) is 0 Å². The molecule has 1 rings (SSSR count). The Balaban J connectivity index is 2.44. The van der Waals surface area contributed by atoms with E-state index in [4.69, 9.17) is 10.5 Å². The summed E-state index contributed by atoms with van der Waals surface area (Å²) in [6, 6.07) is 0. The number of methoxy groups -OCH3 is 1. The molecule has 0 radical (unpaired) electrons. The fourth-order valence-corrected chi connectivity index (χ4v) is 2.47. The zero-order chi connectivity index (χ0) is 7.45. The molecule has 2 nitrogen and oxygen atoms in total. The van der Waals surface area contributed by atoms with Gasteiger partial charge in [0.1, 0.15) is 0 Å². The minimum Gasteiger partial charge on any atom is -0.377 e. The average molecular weight is 161 g/mol. The number of ether oxygens (including phenoxy) is 1. The van der Waals surface area contributed by atoms with Crippen molar-refractivity contribution in [2.45, 2.75) is 18.4 Å². The van der Waals surface area contributed by atoms with Gasteiger partial charge in [0, 0.05) is 13.7 Å². The Labute approximate surface area is 66.5 Å². The van der Waals surface area contributed by atoms with Crippen molar-refractivity contribution in [2.75, 3.05) is 25.2 Å². The van der Waals surface area contributed by atoms with E-state index in [9.17, 15) is 0 Å². The molecule has 3 heteroatoms. The van der Waals surface area contributed by atoms with E-state index in [2.05, 4.69) is 0 Å². The molecule has 0 aromatic carbocycles. The molecule has 0 aliphatic carbocycles. The zero-order valence-corrected chi connectivity index (χ0v) is 7.25. The van der Waals surface area contributed by atoms with Crippen LogP contribution in [0, 0.1) is 0 Å². The van der Waals surface area contributed by atoms with Crippen molar-refractivity contribution in [3.05, 3.63) is 0 Å². The Bertz CT molecular complexity index is 95.8. The fourth-order valence-electron chi connectivity index (χ4n) is 1.23. The Morgan fingerprint density at radius 2 is 2.10 bits per heavy atom. The summed E-state index contributed by atoms with van der Waals surface area (Å²) in [7, 11) is 1.77. The third kappa shape index (κ3) is 1.65. The molecule has 60 valence electrons. The van der Waals surface area contributed by atoms with Gasteiger partial charge in [0.25, 0.3) is 0 Å². The van der Waals surface area contributed by atoms with Gasteiger partial charge in [-0.05, 0) is 24.3 Å². The van der Waals surface area contributed by atoms with Gasteiger partial charge in [-0.1, -0.05) is 0 Å². The highest BCUT2D eigenvalue weighted by Gasteiger charge is 2.30. The standard InChI is InChI=1S/C7H15NOS/c1-9-7(6-8)2-4-10-5-3-7/h2-6,8H2,1H3. The maximum atomic E-state index is 5.61. The minimum atomic E-state index is 0.0191. The van der Waals surface area contributed by atoms with Gasteiger partial charge in [0.05, 0.1) is 5.60 Å². The molecular formula is C7H15NOS. The average Bonchev–Trinajstić information content (AvgIpc) is 2.06. The van der Waals surface area contributed by atoms with Gasteiger partial charge >= 0.3 is 0 Å². The van der Waals surface area contributed by atoms with Crippen LogP contribution >= 0.6 is 11.8 Å². The van der Waals surface area contributed by atoms with Crippen LogP contribution in [0.15, 0.2) is 0 Å². The molecule has 0 bridgehead atoms. The summed E-state index contributed by atoms with van der Waals surface area (Å²) in [6.45, 7) is 0.671. The Hall–Kier alpha value is 0.270. The van der Waals surface area contributed by atoms with Crippen LogP contribution in [0.5, 0.6) is 0 Å². The van der Waals surface area contributed by atoms with Gasteiger partial charge < -0.3 is 10.5 Å². The SMILES string of the molecule is COC1(CN)CCSCC1. The number of hydrogen-bond donors (Lipinski definition) is 1.